The topological polar surface area (TPSA) is 25.4 Å². The molecule has 0 saturated carbocycles. The van der Waals surface area contributed by atoms with Crippen molar-refractivity contribution in [3.8, 4) is 0 Å². The van der Waals surface area contributed by atoms with Crippen LogP contribution in [-0.2, 0) is 4.74 Å². The highest BCUT2D eigenvalue weighted by Gasteiger charge is 2.12. The molecule has 0 bridgehead atoms. The van der Waals surface area contributed by atoms with Gasteiger partial charge in [0.15, 0.2) is 0 Å². The zero-order valence-corrected chi connectivity index (χ0v) is 9.02. The van der Waals surface area contributed by atoms with Crippen molar-refractivity contribution in [2.75, 3.05) is 31.2 Å². The molecule has 81 valence electrons. The molecular weight excluding hydrogens is 200 g/mol. The van der Waals surface area contributed by atoms with E-state index in [1.807, 2.05) is 18.2 Å². The zero-order valence-electron chi connectivity index (χ0n) is 9.02. The van der Waals surface area contributed by atoms with Gasteiger partial charge in [-0.05, 0) is 30.3 Å². The lowest BCUT2D eigenvalue weighted by atomic mass is 10.2. The Morgan fingerprint density at radius 3 is 2.94 bits per heavy atom. The van der Waals surface area contributed by atoms with Gasteiger partial charge >= 0.3 is 0 Å². The van der Waals surface area contributed by atoms with Gasteiger partial charge < -0.3 is 9.64 Å². The van der Waals surface area contributed by atoms with E-state index in [-0.39, 0.29) is 0 Å². The van der Waals surface area contributed by atoms with Crippen molar-refractivity contribution in [2.24, 2.45) is 0 Å². The lowest BCUT2D eigenvalue weighted by Crippen LogP contribution is -2.36. The predicted molar refractivity (Wildman–Crippen MR) is 63.6 cm³/mol. The van der Waals surface area contributed by atoms with E-state index in [9.17, 15) is 0 Å². The summed E-state index contributed by atoms with van der Waals surface area (Å²) in [5.74, 6) is 1.04. The number of morpholine rings is 1. The molecule has 0 atom stereocenters. The van der Waals surface area contributed by atoms with E-state index < -0.39 is 0 Å². The third-order valence-electron chi connectivity index (χ3n) is 2.85. The summed E-state index contributed by atoms with van der Waals surface area (Å²) in [4.78, 5) is 6.91. The summed E-state index contributed by atoms with van der Waals surface area (Å²) >= 11 is 0. The number of pyridine rings is 1. The van der Waals surface area contributed by atoms with E-state index in [1.165, 1.54) is 0 Å². The summed E-state index contributed by atoms with van der Waals surface area (Å²) < 4.78 is 5.33. The second kappa shape index (κ2) is 4.10. The monoisotopic (exact) mass is 213 g/mol. The normalized spacial score (nSPS) is 16.6. The first-order valence-electron chi connectivity index (χ1n) is 5.53. The summed E-state index contributed by atoms with van der Waals surface area (Å²) in [6.45, 7) is 3.44. The quantitative estimate of drug-likeness (QED) is 0.723. The van der Waals surface area contributed by atoms with Crippen LogP contribution in [0.4, 0.5) is 5.82 Å². The van der Waals surface area contributed by atoms with Gasteiger partial charge in [0, 0.05) is 18.5 Å². The number of fused-ring (bicyclic) bond motifs is 1. The standard InChI is InChI=1S/C13H13N2O/c1-2-4-12-11(3-1)5-6-13(14-12)15-7-9-16-10-8-15/h2-6H,7-10H2. The highest BCUT2D eigenvalue weighted by Crippen LogP contribution is 2.18. The lowest BCUT2D eigenvalue weighted by Gasteiger charge is -2.27. The van der Waals surface area contributed by atoms with Crippen LogP contribution < -0.4 is 4.90 Å². The first-order valence-corrected chi connectivity index (χ1v) is 5.53. The minimum absolute atomic E-state index is 0.794. The molecule has 1 fully saturated rings. The largest absolute Gasteiger partial charge is 0.378 e. The first kappa shape index (κ1) is 9.60. The Morgan fingerprint density at radius 2 is 2.06 bits per heavy atom. The highest BCUT2D eigenvalue weighted by molar-refractivity contribution is 5.80. The molecule has 1 saturated heterocycles. The minimum Gasteiger partial charge on any atom is -0.378 e. The molecule has 3 rings (SSSR count). The van der Waals surface area contributed by atoms with Crippen molar-refractivity contribution in [3.05, 3.63) is 36.4 Å². The van der Waals surface area contributed by atoms with E-state index >= 15 is 0 Å². The third-order valence-corrected chi connectivity index (χ3v) is 2.85. The van der Waals surface area contributed by atoms with Gasteiger partial charge in [-0.3, -0.25) is 0 Å². The Kier molecular flexibility index (Phi) is 2.46. The molecule has 0 aliphatic carbocycles. The Balaban J connectivity index is 1.97. The van der Waals surface area contributed by atoms with E-state index in [4.69, 9.17) is 4.74 Å². The van der Waals surface area contributed by atoms with Crippen LogP contribution in [0.5, 0.6) is 0 Å². The number of rotatable bonds is 1. The summed E-state index contributed by atoms with van der Waals surface area (Å²) in [5, 5.41) is 1.14. The lowest BCUT2D eigenvalue weighted by molar-refractivity contribution is 0.122. The molecule has 2 aromatic rings. The third kappa shape index (κ3) is 1.74. The van der Waals surface area contributed by atoms with E-state index in [1.54, 1.807) is 0 Å². The van der Waals surface area contributed by atoms with Gasteiger partial charge in [-0.2, -0.15) is 0 Å². The van der Waals surface area contributed by atoms with Crippen LogP contribution in [0.2, 0.25) is 0 Å². The van der Waals surface area contributed by atoms with Crippen molar-refractivity contribution < 1.29 is 4.74 Å². The second-order valence-electron chi connectivity index (χ2n) is 3.89. The highest BCUT2D eigenvalue weighted by atomic mass is 16.5. The van der Waals surface area contributed by atoms with Crippen LogP contribution in [0.1, 0.15) is 0 Å². The van der Waals surface area contributed by atoms with Gasteiger partial charge in [0.25, 0.3) is 0 Å². The van der Waals surface area contributed by atoms with Gasteiger partial charge in [-0.1, -0.05) is 6.07 Å². The Labute approximate surface area is 94.7 Å². The SMILES string of the molecule is [c]1ccc2nc(N3CCOCC3)ccc2c1. The smallest absolute Gasteiger partial charge is 0.129 e. The Morgan fingerprint density at radius 1 is 1.19 bits per heavy atom. The molecule has 1 aromatic heterocycles. The molecule has 3 nitrogen and oxygen atoms in total. The molecule has 1 aliphatic rings. The summed E-state index contributed by atoms with van der Waals surface area (Å²) in [7, 11) is 0. The second-order valence-corrected chi connectivity index (χ2v) is 3.89. The summed E-state index contributed by atoms with van der Waals surface area (Å²) in [6.07, 6.45) is 0. The number of anilines is 1. The van der Waals surface area contributed by atoms with Gasteiger partial charge in [-0.25, -0.2) is 4.98 Å². The van der Waals surface area contributed by atoms with Crippen LogP contribution in [0.3, 0.4) is 0 Å². The van der Waals surface area contributed by atoms with Crippen molar-refractivity contribution >= 4 is 16.7 Å². The number of nitrogens with zero attached hydrogens (tertiary/aromatic N) is 2. The average Bonchev–Trinajstić information content (AvgIpc) is 2.39. The number of hydrogen-bond donors (Lipinski definition) is 0. The van der Waals surface area contributed by atoms with E-state index in [0.717, 1.165) is 43.0 Å². The maximum atomic E-state index is 5.33. The fourth-order valence-electron chi connectivity index (χ4n) is 1.96. The van der Waals surface area contributed by atoms with Crippen LogP contribution in [0.15, 0.2) is 30.3 Å². The molecule has 0 amide bonds. The van der Waals surface area contributed by atoms with E-state index in [2.05, 4.69) is 28.1 Å². The van der Waals surface area contributed by atoms with Crippen LogP contribution in [0, 0.1) is 6.07 Å². The summed E-state index contributed by atoms with van der Waals surface area (Å²) in [5.41, 5.74) is 1.03. The molecule has 16 heavy (non-hydrogen) atoms. The average molecular weight is 213 g/mol. The molecular formula is C13H13N2O. The van der Waals surface area contributed by atoms with Crippen LogP contribution >= 0.6 is 0 Å². The Hall–Kier alpha value is -1.61. The van der Waals surface area contributed by atoms with Crippen molar-refractivity contribution in [1.29, 1.82) is 0 Å². The van der Waals surface area contributed by atoms with Gasteiger partial charge in [0.1, 0.15) is 5.82 Å². The minimum atomic E-state index is 0.794. The molecule has 3 heteroatoms. The van der Waals surface area contributed by atoms with Gasteiger partial charge in [0.05, 0.1) is 18.7 Å². The number of benzene rings is 1. The fourth-order valence-corrected chi connectivity index (χ4v) is 1.96. The van der Waals surface area contributed by atoms with Crippen molar-refractivity contribution in [3.63, 3.8) is 0 Å². The zero-order chi connectivity index (χ0) is 10.8. The molecule has 0 N–H and O–H groups in total. The van der Waals surface area contributed by atoms with E-state index in [0.29, 0.717) is 0 Å². The summed E-state index contributed by atoms with van der Waals surface area (Å²) in [6, 6.07) is 13.1. The van der Waals surface area contributed by atoms with Crippen molar-refractivity contribution in [1.82, 2.24) is 4.98 Å². The molecule has 1 aliphatic heterocycles. The molecule has 0 unspecified atom stereocenters. The number of hydrogen-bond acceptors (Lipinski definition) is 3. The van der Waals surface area contributed by atoms with Gasteiger partial charge in [-0.15, -0.1) is 0 Å². The Bertz CT molecular complexity index is 492. The van der Waals surface area contributed by atoms with Crippen LogP contribution in [0.25, 0.3) is 10.9 Å². The molecule has 1 radical (unpaired) electrons. The molecule has 0 spiro atoms. The predicted octanol–water partition coefficient (Wildman–Crippen LogP) is 1.87. The maximum absolute atomic E-state index is 5.33. The van der Waals surface area contributed by atoms with Crippen LogP contribution in [-0.4, -0.2) is 31.3 Å². The molecule has 1 aromatic carbocycles. The van der Waals surface area contributed by atoms with Crippen molar-refractivity contribution in [2.45, 2.75) is 0 Å². The number of ether oxygens (including phenoxy) is 1. The first-order chi connectivity index (χ1) is 7.93. The maximum Gasteiger partial charge on any atom is 0.129 e. The fraction of sp³-hybridized carbons (Fsp3) is 0.308. The number of aromatic nitrogens is 1. The molecule has 2 heterocycles. The van der Waals surface area contributed by atoms with Gasteiger partial charge in [0.2, 0.25) is 0 Å².